The number of benzene rings is 1. The van der Waals surface area contributed by atoms with Crippen molar-refractivity contribution in [2.75, 3.05) is 31.1 Å². The molecule has 2 aliphatic rings. The first-order chi connectivity index (χ1) is 13.3. The molecule has 2 heterocycles. The highest BCUT2D eigenvalue weighted by Gasteiger charge is 2.36. The van der Waals surface area contributed by atoms with Gasteiger partial charge in [-0.3, -0.25) is 19.3 Å². The van der Waals surface area contributed by atoms with Gasteiger partial charge in [0.25, 0.3) is 11.1 Å². The van der Waals surface area contributed by atoms with Gasteiger partial charge in [0, 0.05) is 18.8 Å². The summed E-state index contributed by atoms with van der Waals surface area (Å²) in [5.74, 6) is -0.812. The van der Waals surface area contributed by atoms with E-state index in [0.29, 0.717) is 4.91 Å². The summed E-state index contributed by atoms with van der Waals surface area (Å²) in [7, 11) is 0. The Kier molecular flexibility index (Phi) is 6.44. The van der Waals surface area contributed by atoms with Gasteiger partial charge in [0.15, 0.2) is 0 Å². The van der Waals surface area contributed by atoms with E-state index in [9.17, 15) is 14.4 Å². The van der Waals surface area contributed by atoms with E-state index in [1.165, 1.54) is 18.5 Å². The second-order valence-corrected chi connectivity index (χ2v) is 8.57. The molecule has 0 aromatic heterocycles. The zero-order valence-corrected chi connectivity index (χ0v) is 17.4. The monoisotopic (exact) mass is 402 g/mol. The molecule has 2 fully saturated rings. The van der Waals surface area contributed by atoms with Crippen molar-refractivity contribution in [2.45, 2.75) is 33.6 Å². The summed E-state index contributed by atoms with van der Waals surface area (Å²) < 4.78 is 5.08. The molecule has 0 spiro atoms. The maximum atomic E-state index is 12.6. The van der Waals surface area contributed by atoms with Crippen molar-refractivity contribution in [1.82, 2.24) is 4.90 Å². The average Bonchev–Trinajstić information content (AvgIpc) is 3.26. The standard InChI is InChI=1S/C21H26N2O4S/c1-14(2)13-27-19(24)12-23-20(25)18(28-21(23)26)11-16-6-7-17(10-15(16)3)22-8-4-5-9-22/h6-7,10-11,14H,4-5,8-9,12-13H2,1-3H3/b18-11+. The van der Waals surface area contributed by atoms with E-state index in [1.807, 2.05) is 26.8 Å². The summed E-state index contributed by atoms with van der Waals surface area (Å²) in [5.41, 5.74) is 3.14. The molecule has 0 radical (unpaired) electrons. The number of thioether (sulfide) groups is 1. The molecule has 1 aromatic carbocycles. The van der Waals surface area contributed by atoms with E-state index in [-0.39, 0.29) is 19.1 Å². The van der Waals surface area contributed by atoms with E-state index in [0.717, 1.165) is 40.9 Å². The highest BCUT2D eigenvalue weighted by atomic mass is 32.2. The maximum Gasteiger partial charge on any atom is 0.326 e. The summed E-state index contributed by atoms with van der Waals surface area (Å²) in [5, 5.41) is -0.441. The van der Waals surface area contributed by atoms with Gasteiger partial charge < -0.3 is 9.64 Å². The predicted octanol–water partition coefficient (Wildman–Crippen LogP) is 3.83. The summed E-state index contributed by atoms with van der Waals surface area (Å²) in [6, 6.07) is 6.15. The molecule has 3 rings (SSSR count). The third kappa shape index (κ3) is 4.76. The van der Waals surface area contributed by atoms with Crippen molar-refractivity contribution >= 4 is 40.6 Å². The fourth-order valence-electron chi connectivity index (χ4n) is 3.21. The number of imide groups is 1. The van der Waals surface area contributed by atoms with E-state index in [2.05, 4.69) is 17.0 Å². The molecular formula is C21H26N2O4S. The molecule has 2 aliphatic heterocycles. The number of esters is 1. The lowest BCUT2D eigenvalue weighted by Crippen LogP contribution is -2.34. The molecule has 1 aromatic rings. The normalized spacial score (nSPS) is 18.6. The molecule has 6 nitrogen and oxygen atoms in total. The van der Waals surface area contributed by atoms with Gasteiger partial charge in [-0.15, -0.1) is 0 Å². The summed E-state index contributed by atoms with van der Waals surface area (Å²) in [6.07, 6.45) is 4.16. The van der Waals surface area contributed by atoms with Crippen LogP contribution in [0.2, 0.25) is 0 Å². The number of amides is 2. The lowest BCUT2D eigenvalue weighted by atomic mass is 10.1. The summed E-state index contributed by atoms with van der Waals surface area (Å²) in [4.78, 5) is 40.3. The second-order valence-electron chi connectivity index (χ2n) is 7.58. The number of anilines is 1. The van der Waals surface area contributed by atoms with E-state index in [4.69, 9.17) is 4.74 Å². The first-order valence-electron chi connectivity index (χ1n) is 9.61. The van der Waals surface area contributed by atoms with Crippen LogP contribution in [0, 0.1) is 12.8 Å². The number of ether oxygens (including phenoxy) is 1. The van der Waals surface area contributed by atoms with E-state index in [1.54, 1.807) is 6.08 Å². The summed E-state index contributed by atoms with van der Waals surface area (Å²) >= 11 is 0.862. The molecule has 2 saturated heterocycles. The topological polar surface area (TPSA) is 66.9 Å². The number of hydrogen-bond acceptors (Lipinski definition) is 6. The lowest BCUT2D eigenvalue weighted by molar-refractivity contribution is -0.147. The van der Waals surface area contributed by atoms with Crippen LogP contribution in [-0.4, -0.2) is 48.3 Å². The number of rotatable bonds is 6. The Hall–Kier alpha value is -2.28. The maximum absolute atomic E-state index is 12.6. The van der Waals surface area contributed by atoms with Crippen LogP contribution in [0.3, 0.4) is 0 Å². The largest absolute Gasteiger partial charge is 0.464 e. The van der Waals surface area contributed by atoms with Gasteiger partial charge in [-0.25, -0.2) is 0 Å². The van der Waals surface area contributed by atoms with Crippen molar-refractivity contribution in [3.63, 3.8) is 0 Å². The van der Waals surface area contributed by atoms with Gasteiger partial charge in [-0.2, -0.15) is 0 Å². The Morgan fingerprint density at radius 1 is 1.25 bits per heavy atom. The Morgan fingerprint density at radius 3 is 2.61 bits per heavy atom. The van der Waals surface area contributed by atoms with Crippen molar-refractivity contribution in [2.24, 2.45) is 5.92 Å². The van der Waals surface area contributed by atoms with Crippen LogP contribution >= 0.6 is 11.8 Å². The van der Waals surface area contributed by atoms with Crippen molar-refractivity contribution in [3.05, 3.63) is 34.2 Å². The van der Waals surface area contributed by atoms with Crippen LogP contribution in [0.15, 0.2) is 23.1 Å². The molecule has 28 heavy (non-hydrogen) atoms. The first kappa shape index (κ1) is 20.5. The molecule has 0 bridgehead atoms. The SMILES string of the molecule is Cc1cc(N2CCCC2)ccc1/C=C1/SC(=O)N(CC(=O)OCC(C)C)C1=O. The molecular weight excluding hydrogens is 376 g/mol. The lowest BCUT2D eigenvalue weighted by Gasteiger charge is -2.18. The van der Waals surface area contributed by atoms with Crippen LogP contribution in [-0.2, 0) is 14.3 Å². The molecule has 0 N–H and O–H groups in total. The molecule has 0 aliphatic carbocycles. The quantitative estimate of drug-likeness (QED) is 0.532. The van der Waals surface area contributed by atoms with Crippen LogP contribution in [0.4, 0.5) is 10.5 Å². The fourth-order valence-corrected chi connectivity index (χ4v) is 4.03. The first-order valence-corrected chi connectivity index (χ1v) is 10.4. The number of hydrogen-bond donors (Lipinski definition) is 0. The molecule has 150 valence electrons. The molecule has 0 unspecified atom stereocenters. The molecule has 7 heteroatoms. The van der Waals surface area contributed by atoms with E-state index >= 15 is 0 Å². The number of carbonyl (C=O) groups is 3. The van der Waals surface area contributed by atoms with Gasteiger partial charge in [-0.1, -0.05) is 19.9 Å². The number of aryl methyl sites for hydroxylation is 1. The zero-order chi connectivity index (χ0) is 20.3. The van der Waals surface area contributed by atoms with Crippen LogP contribution in [0.1, 0.15) is 37.8 Å². The minimum Gasteiger partial charge on any atom is -0.464 e. The van der Waals surface area contributed by atoms with Crippen molar-refractivity contribution in [3.8, 4) is 0 Å². The predicted molar refractivity (Wildman–Crippen MR) is 111 cm³/mol. The average molecular weight is 403 g/mol. The van der Waals surface area contributed by atoms with E-state index < -0.39 is 17.1 Å². The van der Waals surface area contributed by atoms with Crippen LogP contribution in [0.5, 0.6) is 0 Å². The van der Waals surface area contributed by atoms with Gasteiger partial charge in [0.05, 0.1) is 11.5 Å². The van der Waals surface area contributed by atoms with Gasteiger partial charge in [-0.05, 0) is 66.8 Å². The zero-order valence-electron chi connectivity index (χ0n) is 16.6. The smallest absolute Gasteiger partial charge is 0.326 e. The minimum absolute atomic E-state index is 0.199. The Balaban J connectivity index is 1.70. The highest BCUT2D eigenvalue weighted by molar-refractivity contribution is 8.18. The Morgan fingerprint density at radius 2 is 1.96 bits per heavy atom. The Bertz CT molecular complexity index is 813. The second kappa shape index (κ2) is 8.82. The number of nitrogens with zero attached hydrogens (tertiary/aromatic N) is 2. The van der Waals surface area contributed by atoms with Crippen molar-refractivity contribution in [1.29, 1.82) is 0 Å². The Labute approximate surface area is 169 Å². The molecule has 2 amide bonds. The highest BCUT2D eigenvalue weighted by Crippen LogP contribution is 2.33. The van der Waals surface area contributed by atoms with Crippen LogP contribution in [0.25, 0.3) is 6.08 Å². The van der Waals surface area contributed by atoms with Crippen LogP contribution < -0.4 is 4.90 Å². The van der Waals surface area contributed by atoms with Gasteiger partial charge >= 0.3 is 5.97 Å². The van der Waals surface area contributed by atoms with Gasteiger partial charge in [0.1, 0.15) is 6.54 Å². The van der Waals surface area contributed by atoms with Crippen molar-refractivity contribution < 1.29 is 19.1 Å². The number of carbonyl (C=O) groups excluding carboxylic acids is 3. The minimum atomic E-state index is -0.566. The molecule has 0 saturated carbocycles. The summed E-state index contributed by atoms with van der Waals surface area (Å²) in [6.45, 7) is 7.92. The fraction of sp³-hybridized carbons (Fsp3) is 0.476. The third-order valence-electron chi connectivity index (χ3n) is 4.75. The van der Waals surface area contributed by atoms with Gasteiger partial charge in [0.2, 0.25) is 0 Å². The molecule has 0 atom stereocenters. The third-order valence-corrected chi connectivity index (χ3v) is 5.66.